The summed E-state index contributed by atoms with van der Waals surface area (Å²) in [6.07, 6.45) is 0. The Hall–Kier alpha value is -3.34. The molecule has 0 aliphatic carbocycles. The number of hydrogen-bond donors (Lipinski definition) is 1. The van der Waals surface area contributed by atoms with E-state index in [1.807, 2.05) is 44.2 Å². The smallest absolute Gasteiger partial charge is 0.257 e. The van der Waals surface area contributed by atoms with Crippen LogP contribution < -0.4 is 5.32 Å². The van der Waals surface area contributed by atoms with Gasteiger partial charge in [-0.3, -0.25) is 9.59 Å². The Labute approximate surface area is 184 Å². The number of amides is 2. The first-order valence-corrected chi connectivity index (χ1v) is 10.6. The van der Waals surface area contributed by atoms with E-state index in [9.17, 15) is 9.59 Å². The molecule has 2 amide bonds. The van der Waals surface area contributed by atoms with Gasteiger partial charge in [0.15, 0.2) is 0 Å². The fourth-order valence-corrected chi connectivity index (χ4v) is 3.73. The number of aryl methyl sites for hydroxylation is 1. The highest BCUT2D eigenvalue weighted by atomic mass is 16.2. The minimum atomic E-state index is -0.156. The lowest BCUT2D eigenvalue weighted by Gasteiger charge is -2.18. The van der Waals surface area contributed by atoms with Crippen molar-refractivity contribution in [3.8, 4) is 5.69 Å². The third kappa shape index (κ3) is 4.88. The summed E-state index contributed by atoms with van der Waals surface area (Å²) in [5.41, 5.74) is 6.48. The Balaban J connectivity index is 1.88. The van der Waals surface area contributed by atoms with Crippen LogP contribution >= 0.6 is 0 Å². The molecule has 3 aromatic rings. The molecule has 0 atom stereocenters. The third-order valence-corrected chi connectivity index (χ3v) is 5.70. The number of nitrogens with zero attached hydrogens (tertiary/aromatic N) is 2. The molecule has 1 heterocycles. The largest absolute Gasteiger partial charge is 0.342 e. The first-order chi connectivity index (χ1) is 14.7. The van der Waals surface area contributed by atoms with Crippen LogP contribution in [0.4, 0.5) is 5.69 Å². The second-order valence-electron chi connectivity index (χ2n) is 8.35. The van der Waals surface area contributed by atoms with Crippen molar-refractivity contribution in [2.45, 2.75) is 47.1 Å². The van der Waals surface area contributed by atoms with E-state index in [-0.39, 0.29) is 11.8 Å². The predicted octanol–water partition coefficient (Wildman–Crippen LogP) is 5.45. The number of carbonyl (C=O) groups is 2. The van der Waals surface area contributed by atoms with Gasteiger partial charge in [0.1, 0.15) is 0 Å². The van der Waals surface area contributed by atoms with Gasteiger partial charge in [0.25, 0.3) is 5.91 Å². The summed E-state index contributed by atoms with van der Waals surface area (Å²) >= 11 is 0. The van der Waals surface area contributed by atoms with Crippen LogP contribution in [-0.2, 0) is 11.3 Å². The molecule has 0 bridgehead atoms. The topological polar surface area (TPSA) is 54.3 Å². The van der Waals surface area contributed by atoms with E-state index < -0.39 is 0 Å². The molecule has 0 unspecified atom stereocenters. The van der Waals surface area contributed by atoms with Crippen LogP contribution in [0.1, 0.15) is 59.6 Å². The quantitative estimate of drug-likeness (QED) is 0.580. The lowest BCUT2D eigenvalue weighted by atomic mass is 10.0. The summed E-state index contributed by atoms with van der Waals surface area (Å²) < 4.78 is 2.11. The van der Waals surface area contributed by atoms with Gasteiger partial charge in [-0.1, -0.05) is 44.2 Å². The number of rotatable bonds is 6. The van der Waals surface area contributed by atoms with Crippen LogP contribution in [0.3, 0.4) is 0 Å². The Bertz CT molecular complexity index is 1090. The molecule has 0 saturated carbocycles. The molecule has 0 fully saturated rings. The average Bonchev–Trinajstić information content (AvgIpc) is 3.03. The maximum Gasteiger partial charge on any atom is 0.257 e. The van der Waals surface area contributed by atoms with Crippen molar-refractivity contribution in [1.82, 2.24) is 9.47 Å². The second kappa shape index (κ2) is 9.21. The minimum Gasteiger partial charge on any atom is -0.342 e. The molecule has 0 spiro atoms. The first-order valence-electron chi connectivity index (χ1n) is 10.6. The van der Waals surface area contributed by atoms with Gasteiger partial charge in [0.2, 0.25) is 5.91 Å². The number of nitrogens with one attached hydrogen (secondary N) is 1. The molecule has 0 saturated heterocycles. The Morgan fingerprint density at radius 3 is 2.29 bits per heavy atom. The molecule has 31 heavy (non-hydrogen) atoms. The number of aromatic nitrogens is 1. The van der Waals surface area contributed by atoms with E-state index in [4.69, 9.17) is 0 Å². The maximum atomic E-state index is 13.1. The molecular weight excluding hydrogens is 386 g/mol. The van der Waals surface area contributed by atoms with Crippen molar-refractivity contribution < 1.29 is 9.59 Å². The van der Waals surface area contributed by atoms with Gasteiger partial charge in [0.05, 0.1) is 5.56 Å². The molecule has 1 N–H and O–H groups in total. The Kier molecular flexibility index (Phi) is 6.64. The number of anilines is 1. The molecule has 5 heteroatoms. The first kappa shape index (κ1) is 22.3. The summed E-state index contributed by atoms with van der Waals surface area (Å²) in [5.74, 6) is 0.300. The number of para-hydroxylation sites is 1. The Morgan fingerprint density at radius 1 is 1.03 bits per heavy atom. The van der Waals surface area contributed by atoms with Crippen molar-refractivity contribution in [2.75, 3.05) is 12.4 Å². The summed E-state index contributed by atoms with van der Waals surface area (Å²) in [6, 6.07) is 18.0. The maximum absolute atomic E-state index is 13.1. The van der Waals surface area contributed by atoms with E-state index in [1.54, 1.807) is 11.9 Å². The van der Waals surface area contributed by atoms with Crippen LogP contribution in [0.15, 0.2) is 54.6 Å². The molecule has 2 aromatic carbocycles. The predicted molar refractivity (Wildman–Crippen MR) is 126 cm³/mol. The van der Waals surface area contributed by atoms with Crippen LogP contribution in [0, 0.1) is 13.8 Å². The number of carbonyl (C=O) groups excluding carboxylic acids is 2. The SMILES string of the molecule is CC(=O)N(C)Cc1ccccc1NC(=O)c1cc(C)n(-c2ccc(C(C)C)cc2)c1C. The third-order valence-electron chi connectivity index (χ3n) is 5.70. The van der Waals surface area contributed by atoms with Gasteiger partial charge in [-0.25, -0.2) is 0 Å². The van der Waals surface area contributed by atoms with Crippen LogP contribution in [-0.4, -0.2) is 28.3 Å². The molecule has 162 valence electrons. The highest BCUT2D eigenvalue weighted by molar-refractivity contribution is 6.05. The van der Waals surface area contributed by atoms with Crippen LogP contribution in [0.5, 0.6) is 0 Å². The van der Waals surface area contributed by atoms with E-state index in [0.29, 0.717) is 23.7 Å². The van der Waals surface area contributed by atoms with E-state index in [0.717, 1.165) is 22.6 Å². The normalized spacial score (nSPS) is 10.9. The highest BCUT2D eigenvalue weighted by Crippen LogP contribution is 2.25. The molecule has 3 rings (SSSR count). The van der Waals surface area contributed by atoms with Gasteiger partial charge >= 0.3 is 0 Å². The van der Waals surface area contributed by atoms with E-state index >= 15 is 0 Å². The molecule has 5 nitrogen and oxygen atoms in total. The van der Waals surface area contributed by atoms with Gasteiger partial charge in [-0.05, 0) is 55.2 Å². The van der Waals surface area contributed by atoms with Gasteiger partial charge < -0.3 is 14.8 Å². The zero-order valence-corrected chi connectivity index (χ0v) is 19.2. The molecule has 1 aromatic heterocycles. The Morgan fingerprint density at radius 2 is 1.68 bits per heavy atom. The lowest BCUT2D eigenvalue weighted by molar-refractivity contribution is -0.128. The summed E-state index contributed by atoms with van der Waals surface area (Å²) in [7, 11) is 1.75. The zero-order chi connectivity index (χ0) is 22.7. The summed E-state index contributed by atoms with van der Waals surface area (Å²) in [5, 5.41) is 3.04. The fraction of sp³-hybridized carbons (Fsp3) is 0.308. The van der Waals surface area contributed by atoms with Gasteiger partial charge in [-0.2, -0.15) is 0 Å². The van der Waals surface area contributed by atoms with Crippen molar-refractivity contribution in [3.05, 3.63) is 82.7 Å². The molecule has 0 radical (unpaired) electrons. The molecule has 0 aliphatic heterocycles. The summed E-state index contributed by atoms with van der Waals surface area (Å²) in [4.78, 5) is 26.4. The van der Waals surface area contributed by atoms with Crippen LogP contribution in [0.25, 0.3) is 5.69 Å². The van der Waals surface area contributed by atoms with E-state index in [1.165, 1.54) is 12.5 Å². The number of hydrogen-bond acceptors (Lipinski definition) is 2. The average molecular weight is 418 g/mol. The van der Waals surface area contributed by atoms with Crippen molar-refractivity contribution in [1.29, 1.82) is 0 Å². The van der Waals surface area contributed by atoms with E-state index in [2.05, 4.69) is 48.0 Å². The second-order valence-corrected chi connectivity index (χ2v) is 8.35. The van der Waals surface area contributed by atoms with Crippen LogP contribution in [0.2, 0.25) is 0 Å². The van der Waals surface area contributed by atoms with Gasteiger partial charge in [0, 0.05) is 43.3 Å². The monoisotopic (exact) mass is 417 g/mol. The summed E-state index contributed by atoms with van der Waals surface area (Å²) in [6.45, 7) is 10.3. The standard InChI is InChI=1S/C26H31N3O2/c1-17(2)21-11-13-23(14-12-21)29-18(3)15-24(19(29)4)26(31)27-25-10-8-7-9-22(25)16-28(6)20(5)30/h7-15,17H,16H2,1-6H3,(H,27,31). The minimum absolute atomic E-state index is 0.0202. The van der Waals surface area contributed by atoms with Gasteiger partial charge in [-0.15, -0.1) is 0 Å². The fourth-order valence-electron chi connectivity index (χ4n) is 3.73. The number of benzene rings is 2. The van der Waals surface area contributed by atoms with Crippen molar-refractivity contribution >= 4 is 17.5 Å². The highest BCUT2D eigenvalue weighted by Gasteiger charge is 2.18. The lowest BCUT2D eigenvalue weighted by Crippen LogP contribution is -2.24. The zero-order valence-electron chi connectivity index (χ0n) is 19.2. The molecule has 0 aliphatic rings. The molecular formula is C26H31N3O2. The van der Waals surface area contributed by atoms with Crippen molar-refractivity contribution in [3.63, 3.8) is 0 Å². The van der Waals surface area contributed by atoms with Crippen molar-refractivity contribution in [2.24, 2.45) is 0 Å².